The first-order valence-electron chi connectivity index (χ1n) is 8.36. The zero-order chi connectivity index (χ0) is 14.7. The van der Waals surface area contributed by atoms with Crippen LogP contribution in [0.5, 0.6) is 5.75 Å². The van der Waals surface area contributed by atoms with E-state index in [1.807, 2.05) is 0 Å². The molecule has 0 amide bonds. The summed E-state index contributed by atoms with van der Waals surface area (Å²) >= 11 is 0. The van der Waals surface area contributed by atoms with Gasteiger partial charge in [-0.15, -0.1) is 0 Å². The van der Waals surface area contributed by atoms with Gasteiger partial charge in [0.25, 0.3) is 0 Å². The normalized spacial score (nSPS) is 28.2. The van der Waals surface area contributed by atoms with Crippen molar-refractivity contribution in [3.63, 3.8) is 0 Å². The summed E-state index contributed by atoms with van der Waals surface area (Å²) in [7, 11) is 0. The number of rotatable bonds is 5. The fraction of sp³-hybridized carbons (Fsp3) is 0.667. The molecule has 2 aliphatic rings. The number of hydrogen-bond acceptors (Lipinski definition) is 2. The van der Waals surface area contributed by atoms with Gasteiger partial charge >= 0.3 is 0 Å². The summed E-state index contributed by atoms with van der Waals surface area (Å²) in [4.78, 5) is 0. The van der Waals surface area contributed by atoms with Gasteiger partial charge in [0, 0.05) is 18.5 Å². The van der Waals surface area contributed by atoms with E-state index < -0.39 is 0 Å². The molecule has 0 spiro atoms. The molecule has 116 valence electrons. The van der Waals surface area contributed by atoms with Gasteiger partial charge in [0.1, 0.15) is 17.7 Å². The highest BCUT2D eigenvalue weighted by Gasteiger charge is 2.23. The first-order chi connectivity index (χ1) is 10.2. The van der Waals surface area contributed by atoms with Crippen LogP contribution in [0.4, 0.5) is 4.39 Å². The lowest BCUT2D eigenvalue weighted by Crippen LogP contribution is -2.31. The second-order valence-electron chi connectivity index (χ2n) is 6.81. The monoisotopic (exact) mass is 291 g/mol. The summed E-state index contributed by atoms with van der Waals surface area (Å²) in [5.41, 5.74) is 1.00. The van der Waals surface area contributed by atoms with Gasteiger partial charge in [-0.1, -0.05) is 32.6 Å². The molecular weight excluding hydrogens is 265 g/mol. The van der Waals surface area contributed by atoms with Crippen LogP contribution in [0.1, 0.15) is 44.6 Å². The smallest absolute Gasteiger partial charge is 0.123 e. The molecule has 1 fully saturated rings. The summed E-state index contributed by atoms with van der Waals surface area (Å²) in [6.45, 7) is 4.30. The van der Waals surface area contributed by atoms with Crippen molar-refractivity contribution >= 4 is 0 Å². The van der Waals surface area contributed by atoms with Crippen molar-refractivity contribution in [1.82, 2.24) is 5.32 Å². The lowest BCUT2D eigenvalue weighted by Gasteiger charge is -2.26. The minimum Gasteiger partial charge on any atom is -0.488 e. The summed E-state index contributed by atoms with van der Waals surface area (Å²) in [5.74, 6) is 2.52. The quantitative estimate of drug-likeness (QED) is 0.830. The molecule has 1 aromatic carbocycles. The fourth-order valence-electron chi connectivity index (χ4n) is 3.59. The largest absolute Gasteiger partial charge is 0.488 e. The molecule has 1 unspecified atom stereocenters. The molecule has 0 saturated heterocycles. The molecule has 3 heteroatoms. The van der Waals surface area contributed by atoms with Crippen LogP contribution >= 0.6 is 0 Å². The van der Waals surface area contributed by atoms with Gasteiger partial charge in [0.15, 0.2) is 0 Å². The minimum atomic E-state index is -0.169. The summed E-state index contributed by atoms with van der Waals surface area (Å²) in [6, 6.07) is 4.81. The SMILES string of the molecule is CC1CCC(CCNCC2Cc3cc(F)ccc3O2)CC1. The van der Waals surface area contributed by atoms with Crippen molar-refractivity contribution < 1.29 is 9.13 Å². The highest BCUT2D eigenvalue weighted by atomic mass is 19.1. The molecule has 1 atom stereocenters. The van der Waals surface area contributed by atoms with E-state index in [2.05, 4.69) is 12.2 Å². The number of ether oxygens (including phenoxy) is 1. The Kier molecular flexibility index (Phi) is 4.79. The Morgan fingerprint density at radius 1 is 1.24 bits per heavy atom. The third-order valence-electron chi connectivity index (χ3n) is 5.00. The number of fused-ring (bicyclic) bond motifs is 1. The van der Waals surface area contributed by atoms with Crippen molar-refractivity contribution in [2.45, 2.75) is 51.6 Å². The predicted molar refractivity (Wildman–Crippen MR) is 83.1 cm³/mol. The van der Waals surface area contributed by atoms with Crippen molar-refractivity contribution in [3.05, 3.63) is 29.6 Å². The number of hydrogen-bond donors (Lipinski definition) is 1. The highest BCUT2D eigenvalue weighted by Crippen LogP contribution is 2.30. The third-order valence-corrected chi connectivity index (χ3v) is 5.00. The molecule has 21 heavy (non-hydrogen) atoms. The lowest BCUT2D eigenvalue weighted by atomic mass is 9.81. The van der Waals surface area contributed by atoms with E-state index >= 15 is 0 Å². The van der Waals surface area contributed by atoms with Crippen LogP contribution in [-0.2, 0) is 6.42 Å². The van der Waals surface area contributed by atoms with Gasteiger partial charge in [-0.05, 0) is 43.0 Å². The minimum absolute atomic E-state index is 0.160. The Balaban J connectivity index is 1.34. The second-order valence-corrected chi connectivity index (χ2v) is 6.81. The highest BCUT2D eigenvalue weighted by molar-refractivity contribution is 5.37. The summed E-state index contributed by atoms with van der Waals surface area (Å²) in [5, 5.41) is 3.52. The number of nitrogens with one attached hydrogen (secondary N) is 1. The van der Waals surface area contributed by atoms with Crippen LogP contribution in [0.2, 0.25) is 0 Å². The zero-order valence-corrected chi connectivity index (χ0v) is 12.9. The van der Waals surface area contributed by atoms with Crippen LogP contribution in [0.3, 0.4) is 0 Å². The first-order valence-corrected chi connectivity index (χ1v) is 8.36. The molecule has 1 aliphatic heterocycles. The van der Waals surface area contributed by atoms with Gasteiger partial charge < -0.3 is 10.1 Å². The van der Waals surface area contributed by atoms with E-state index in [4.69, 9.17) is 4.74 Å². The first kappa shape index (κ1) is 14.8. The van der Waals surface area contributed by atoms with Crippen molar-refractivity contribution in [3.8, 4) is 5.75 Å². The fourth-order valence-corrected chi connectivity index (χ4v) is 3.59. The second kappa shape index (κ2) is 6.78. The third kappa shape index (κ3) is 3.97. The zero-order valence-electron chi connectivity index (χ0n) is 12.9. The Labute approximate surface area is 127 Å². The van der Waals surface area contributed by atoms with E-state index in [0.29, 0.717) is 0 Å². The van der Waals surface area contributed by atoms with Crippen LogP contribution in [0.25, 0.3) is 0 Å². The Morgan fingerprint density at radius 2 is 2.05 bits per heavy atom. The molecule has 0 bridgehead atoms. The van der Waals surface area contributed by atoms with Crippen LogP contribution in [0, 0.1) is 17.7 Å². The van der Waals surface area contributed by atoms with E-state index in [1.165, 1.54) is 38.2 Å². The maximum atomic E-state index is 13.2. The molecule has 1 N–H and O–H groups in total. The predicted octanol–water partition coefficient (Wildman–Crippen LogP) is 3.94. The average Bonchev–Trinajstić information content (AvgIpc) is 2.87. The van der Waals surface area contributed by atoms with E-state index in [-0.39, 0.29) is 11.9 Å². The topological polar surface area (TPSA) is 21.3 Å². The molecule has 0 aromatic heterocycles. The molecule has 1 aliphatic carbocycles. The Morgan fingerprint density at radius 3 is 2.86 bits per heavy atom. The molecule has 1 heterocycles. The van der Waals surface area contributed by atoms with Gasteiger partial charge in [-0.25, -0.2) is 4.39 Å². The maximum Gasteiger partial charge on any atom is 0.123 e. The van der Waals surface area contributed by atoms with Gasteiger partial charge in [0.2, 0.25) is 0 Å². The molecular formula is C18H26FNO. The maximum absolute atomic E-state index is 13.2. The van der Waals surface area contributed by atoms with Gasteiger partial charge in [0.05, 0.1) is 0 Å². The van der Waals surface area contributed by atoms with Gasteiger partial charge in [-0.3, -0.25) is 0 Å². The van der Waals surface area contributed by atoms with Crippen molar-refractivity contribution in [2.75, 3.05) is 13.1 Å². The molecule has 2 nitrogen and oxygen atoms in total. The molecule has 1 aromatic rings. The molecule has 3 rings (SSSR count). The van der Waals surface area contributed by atoms with Crippen molar-refractivity contribution in [2.24, 2.45) is 11.8 Å². The van der Waals surface area contributed by atoms with Crippen LogP contribution in [-0.4, -0.2) is 19.2 Å². The van der Waals surface area contributed by atoms with Crippen LogP contribution in [0.15, 0.2) is 18.2 Å². The Hall–Kier alpha value is -1.09. The van der Waals surface area contributed by atoms with Crippen molar-refractivity contribution in [1.29, 1.82) is 0 Å². The van der Waals surface area contributed by atoms with Gasteiger partial charge in [-0.2, -0.15) is 0 Å². The molecule has 0 radical (unpaired) electrons. The van der Waals surface area contributed by atoms with E-state index in [0.717, 1.165) is 42.7 Å². The average molecular weight is 291 g/mol. The van der Waals surface area contributed by atoms with E-state index in [1.54, 1.807) is 12.1 Å². The number of halogens is 1. The summed E-state index contributed by atoms with van der Waals surface area (Å²) < 4.78 is 19.0. The molecule has 1 saturated carbocycles. The number of benzene rings is 1. The standard InChI is InChI=1S/C18H26FNO/c1-13-2-4-14(5-3-13)8-9-20-12-17-11-15-10-16(19)6-7-18(15)21-17/h6-7,10,13-14,17,20H,2-5,8-9,11-12H2,1H3. The Bertz CT molecular complexity index is 468. The van der Waals surface area contributed by atoms with E-state index in [9.17, 15) is 4.39 Å². The lowest BCUT2D eigenvalue weighted by molar-refractivity contribution is 0.222. The summed E-state index contributed by atoms with van der Waals surface area (Å²) in [6.07, 6.45) is 7.85. The van der Waals surface area contributed by atoms with Crippen LogP contribution < -0.4 is 10.1 Å².